The van der Waals surface area contributed by atoms with E-state index in [1.807, 2.05) is 0 Å². The quantitative estimate of drug-likeness (QED) is 0.287. The van der Waals surface area contributed by atoms with Crippen LogP contribution in [-0.4, -0.2) is 68.5 Å². The molecule has 5 nitrogen and oxygen atoms in total. The van der Waals surface area contributed by atoms with E-state index in [9.17, 15) is 10.2 Å². The van der Waals surface area contributed by atoms with Gasteiger partial charge in [0.15, 0.2) is 11.1 Å². The Balaban J connectivity index is 0.00000140. The molecule has 1 aromatic rings. The van der Waals surface area contributed by atoms with E-state index in [2.05, 4.69) is 56.8 Å². The standard InChI is InChI=1S/C29H42BNO4P.3H2S/c1-26-17-22(19-5-7-20(8-6-19)31(2)3)25-21(23(26)11-14-29(26,33)36(4)30)9-12-27(32)18-28(13-10-24(25)27)34-15-16-35-28;;;/h5-8,21-23,32-33,36H,9-18H2,1-4H3;3*1H2/q+1;;;/t21-,22+,23-,26-,27+,29+;;;/m0.../s1. The van der Waals surface area contributed by atoms with Gasteiger partial charge in [-0.2, -0.15) is 40.5 Å². The van der Waals surface area contributed by atoms with Crippen molar-refractivity contribution in [1.29, 1.82) is 0 Å². The molecule has 3 saturated carbocycles. The van der Waals surface area contributed by atoms with E-state index in [1.54, 1.807) is 0 Å². The van der Waals surface area contributed by atoms with Crippen LogP contribution in [0.5, 0.6) is 0 Å². The fraction of sp³-hybridized carbons (Fsp3) is 0.724. The Morgan fingerprint density at radius 1 is 0.974 bits per heavy atom. The highest BCUT2D eigenvalue weighted by atomic mass is 32.1. The molecule has 10 heteroatoms. The molecule has 1 aliphatic heterocycles. The number of ether oxygens (including phenoxy) is 2. The van der Waals surface area contributed by atoms with Crippen LogP contribution in [0.15, 0.2) is 35.4 Å². The summed E-state index contributed by atoms with van der Waals surface area (Å²) in [6.45, 7) is 5.63. The molecule has 7 atom stereocenters. The van der Waals surface area contributed by atoms with Crippen LogP contribution in [0.1, 0.15) is 69.8 Å². The SMILES string of the molecule is S.S.S.[B][PH+](C)[C@]1(O)CC[C@H]2[C@@H]3CC[C@@]4(O)CC5(CCC4=C3[C@@H](c3ccc(N(C)C)cc3)C[C@@]21C)OCCO5. The summed E-state index contributed by atoms with van der Waals surface area (Å²) in [5.41, 5.74) is 4.10. The molecule has 0 aromatic heterocycles. The van der Waals surface area contributed by atoms with Gasteiger partial charge < -0.3 is 24.6 Å². The van der Waals surface area contributed by atoms with Crippen LogP contribution in [-0.2, 0) is 9.47 Å². The Hall–Kier alpha value is 0.145. The lowest BCUT2D eigenvalue weighted by molar-refractivity contribution is -0.208. The molecule has 1 aromatic carbocycles. The summed E-state index contributed by atoms with van der Waals surface area (Å²) in [4.78, 5) is 2.13. The summed E-state index contributed by atoms with van der Waals surface area (Å²) in [7, 11) is 9.33. The first kappa shape index (κ1) is 33.6. The Labute approximate surface area is 258 Å². The maximum absolute atomic E-state index is 12.1. The lowest BCUT2D eigenvalue weighted by Crippen LogP contribution is -2.55. The number of benzene rings is 1. The van der Waals surface area contributed by atoms with Gasteiger partial charge in [-0.1, -0.05) is 24.6 Å². The number of allylic oxidation sites excluding steroid dienone is 1. The van der Waals surface area contributed by atoms with Crippen molar-refractivity contribution in [2.24, 2.45) is 17.3 Å². The molecule has 2 radical (unpaired) electrons. The third kappa shape index (κ3) is 5.07. The summed E-state index contributed by atoms with van der Waals surface area (Å²) in [5, 5.41) is 23.4. The first-order valence-corrected chi connectivity index (χ1v) is 15.9. The monoisotopic (exact) mass is 612 g/mol. The van der Waals surface area contributed by atoms with Gasteiger partial charge in [-0.25, -0.2) is 0 Å². The van der Waals surface area contributed by atoms with Gasteiger partial charge >= 0.3 is 7.57 Å². The minimum absolute atomic E-state index is 0. The van der Waals surface area contributed by atoms with E-state index in [1.165, 1.54) is 22.4 Å². The lowest BCUT2D eigenvalue weighted by atomic mass is 9.51. The first-order valence-electron chi connectivity index (χ1n) is 13.8. The fourth-order valence-corrected chi connectivity index (χ4v) is 10.7. The highest BCUT2D eigenvalue weighted by Crippen LogP contribution is 2.72. The lowest BCUT2D eigenvalue weighted by Gasteiger charge is -2.57. The average molecular weight is 613 g/mol. The van der Waals surface area contributed by atoms with Gasteiger partial charge in [0.2, 0.25) is 0 Å². The Morgan fingerprint density at radius 3 is 2.21 bits per heavy atom. The van der Waals surface area contributed by atoms with Gasteiger partial charge in [0, 0.05) is 57.0 Å². The van der Waals surface area contributed by atoms with E-state index in [4.69, 9.17) is 17.0 Å². The van der Waals surface area contributed by atoms with Crippen molar-refractivity contribution < 1.29 is 19.7 Å². The molecule has 0 bridgehead atoms. The second kappa shape index (κ2) is 11.7. The predicted octanol–water partition coefficient (Wildman–Crippen LogP) is 4.98. The minimum atomic E-state index is -1.40. The van der Waals surface area contributed by atoms with Crippen LogP contribution in [0.4, 0.5) is 5.69 Å². The summed E-state index contributed by atoms with van der Waals surface area (Å²) in [6.07, 6.45) is 6.57. The number of fused-ring (bicyclic) bond motifs is 4. The molecule has 218 valence electrons. The van der Waals surface area contributed by atoms with Crippen LogP contribution in [0, 0.1) is 17.3 Å². The maximum Gasteiger partial charge on any atom is 0.365 e. The van der Waals surface area contributed by atoms with Crippen molar-refractivity contribution in [1.82, 2.24) is 0 Å². The Kier molecular flexibility index (Phi) is 10.1. The molecule has 1 spiro atoms. The van der Waals surface area contributed by atoms with Crippen molar-refractivity contribution in [3.63, 3.8) is 0 Å². The third-order valence-corrected chi connectivity index (χ3v) is 13.0. The topological polar surface area (TPSA) is 62.2 Å². The van der Waals surface area contributed by atoms with Crippen molar-refractivity contribution >= 4 is 61.5 Å². The van der Waals surface area contributed by atoms with Crippen molar-refractivity contribution in [3.05, 3.63) is 41.0 Å². The second-order valence-electron chi connectivity index (χ2n) is 12.7. The first-order chi connectivity index (χ1) is 17.0. The maximum atomic E-state index is 12.1. The number of hydrogen-bond donors (Lipinski definition) is 2. The summed E-state index contributed by atoms with van der Waals surface area (Å²) >= 11 is 0. The summed E-state index contributed by atoms with van der Waals surface area (Å²) < 4.78 is 12.1. The van der Waals surface area contributed by atoms with Crippen LogP contribution >= 0.6 is 48.3 Å². The van der Waals surface area contributed by atoms with Gasteiger partial charge in [-0.3, -0.25) is 0 Å². The molecule has 0 amide bonds. The molecule has 1 unspecified atom stereocenters. The number of hydrogen-bond acceptors (Lipinski definition) is 5. The van der Waals surface area contributed by atoms with E-state index < -0.39 is 24.5 Å². The van der Waals surface area contributed by atoms with Crippen molar-refractivity contribution in [2.45, 2.75) is 80.9 Å². The molecule has 4 fully saturated rings. The van der Waals surface area contributed by atoms with Gasteiger partial charge in [0.05, 0.1) is 18.8 Å². The van der Waals surface area contributed by atoms with Crippen molar-refractivity contribution in [2.75, 3.05) is 38.9 Å². The van der Waals surface area contributed by atoms with Gasteiger partial charge in [-0.15, -0.1) is 0 Å². The van der Waals surface area contributed by atoms with E-state index in [-0.39, 0.29) is 51.8 Å². The molecule has 6 rings (SSSR count). The van der Waals surface area contributed by atoms with Gasteiger partial charge in [0.1, 0.15) is 0 Å². The number of anilines is 1. The third-order valence-electron chi connectivity index (χ3n) is 10.8. The van der Waals surface area contributed by atoms with E-state index in [0.29, 0.717) is 31.5 Å². The Morgan fingerprint density at radius 2 is 1.62 bits per heavy atom. The molecular weight excluding hydrogens is 564 g/mol. The van der Waals surface area contributed by atoms with Crippen LogP contribution in [0.25, 0.3) is 0 Å². The number of aliphatic hydroxyl groups is 2. The minimum Gasteiger partial charge on any atom is -0.385 e. The Bertz CT molecular complexity index is 1070. The highest BCUT2D eigenvalue weighted by molar-refractivity contribution is 7.82. The predicted molar refractivity (Wildman–Crippen MR) is 178 cm³/mol. The number of nitrogens with zero attached hydrogens (tertiary/aromatic N) is 1. The molecule has 39 heavy (non-hydrogen) atoms. The van der Waals surface area contributed by atoms with Crippen LogP contribution < -0.4 is 4.90 Å². The van der Waals surface area contributed by atoms with E-state index in [0.717, 1.165) is 44.9 Å². The molecule has 2 N–H and O–H groups in total. The molecule has 1 saturated heterocycles. The zero-order valence-electron chi connectivity index (χ0n) is 23.8. The zero-order chi connectivity index (χ0) is 25.5. The number of rotatable bonds is 3. The highest BCUT2D eigenvalue weighted by Gasteiger charge is 2.67. The second-order valence-corrected chi connectivity index (χ2v) is 14.9. The molecule has 5 aliphatic rings. The van der Waals surface area contributed by atoms with Crippen LogP contribution in [0.3, 0.4) is 0 Å². The normalized spacial score (nSPS) is 38.9. The van der Waals surface area contributed by atoms with Gasteiger partial charge in [-0.05, 0) is 75.0 Å². The van der Waals surface area contributed by atoms with Crippen LogP contribution in [0.2, 0.25) is 0 Å². The smallest absolute Gasteiger partial charge is 0.365 e. The molecule has 1 heterocycles. The van der Waals surface area contributed by atoms with E-state index >= 15 is 0 Å². The summed E-state index contributed by atoms with van der Waals surface area (Å²) in [5.74, 6) is 0.349. The zero-order valence-corrected chi connectivity index (χ0v) is 27.8. The largest absolute Gasteiger partial charge is 0.385 e. The molecular formula is C29H48BNO4PS3+. The average Bonchev–Trinajstić information content (AvgIpc) is 3.40. The van der Waals surface area contributed by atoms with Gasteiger partial charge in [0.25, 0.3) is 0 Å². The summed E-state index contributed by atoms with van der Waals surface area (Å²) in [6, 6.07) is 8.94. The fourth-order valence-electron chi connectivity index (χ4n) is 8.97. The van der Waals surface area contributed by atoms with Crippen molar-refractivity contribution in [3.8, 4) is 0 Å². The molecule has 4 aliphatic carbocycles.